The molecule has 4 nitrogen and oxygen atoms in total. The molecule has 25 heavy (non-hydrogen) atoms. The van der Waals surface area contributed by atoms with Gasteiger partial charge in [0.05, 0.1) is 18.4 Å². The van der Waals surface area contributed by atoms with Gasteiger partial charge in [-0.2, -0.15) is 5.10 Å². The SMILES string of the molecule is S=C(Nc1ccc(Br)cc1)Nc1cnn(Cc2c(Cl)cccc2Cl)c1. The molecule has 0 amide bonds. The van der Waals surface area contributed by atoms with Crippen LogP contribution in [-0.4, -0.2) is 14.9 Å². The third-order valence-corrected chi connectivity index (χ3v) is 4.82. The van der Waals surface area contributed by atoms with Crippen LogP contribution in [0, 0.1) is 0 Å². The van der Waals surface area contributed by atoms with Gasteiger partial charge in [0.1, 0.15) is 0 Å². The summed E-state index contributed by atoms with van der Waals surface area (Å²) in [6.45, 7) is 0.479. The van der Waals surface area contributed by atoms with Crippen molar-refractivity contribution in [2.75, 3.05) is 10.6 Å². The molecule has 0 aliphatic rings. The third kappa shape index (κ3) is 4.95. The van der Waals surface area contributed by atoms with Gasteiger partial charge in [-0.05, 0) is 48.6 Å². The van der Waals surface area contributed by atoms with Crippen LogP contribution in [0.2, 0.25) is 10.0 Å². The first-order valence-electron chi connectivity index (χ1n) is 7.30. The zero-order valence-electron chi connectivity index (χ0n) is 12.8. The van der Waals surface area contributed by atoms with Crippen molar-refractivity contribution in [1.82, 2.24) is 9.78 Å². The van der Waals surface area contributed by atoms with Crippen molar-refractivity contribution in [3.05, 3.63) is 74.9 Å². The molecule has 0 saturated heterocycles. The lowest BCUT2D eigenvalue weighted by atomic mass is 10.2. The molecule has 8 heteroatoms. The monoisotopic (exact) mass is 454 g/mol. The fourth-order valence-electron chi connectivity index (χ4n) is 2.19. The Bertz CT molecular complexity index is 876. The van der Waals surface area contributed by atoms with Crippen molar-refractivity contribution in [3.8, 4) is 0 Å². The number of hydrogen-bond donors (Lipinski definition) is 2. The topological polar surface area (TPSA) is 41.9 Å². The fourth-order valence-corrected chi connectivity index (χ4v) is 3.20. The van der Waals surface area contributed by atoms with Gasteiger partial charge in [-0.25, -0.2) is 0 Å². The highest BCUT2D eigenvalue weighted by molar-refractivity contribution is 9.10. The van der Waals surface area contributed by atoms with Crippen molar-refractivity contribution in [2.45, 2.75) is 6.54 Å². The Balaban J connectivity index is 1.63. The molecule has 0 saturated carbocycles. The predicted octanol–water partition coefficient (Wildman–Crippen LogP) is 5.81. The molecule has 128 valence electrons. The number of hydrogen-bond acceptors (Lipinski definition) is 2. The Morgan fingerprint density at radius 3 is 2.36 bits per heavy atom. The van der Waals surface area contributed by atoms with E-state index in [-0.39, 0.29) is 0 Å². The van der Waals surface area contributed by atoms with Gasteiger partial charge >= 0.3 is 0 Å². The average Bonchev–Trinajstić information content (AvgIpc) is 3.00. The van der Waals surface area contributed by atoms with Crippen molar-refractivity contribution in [2.24, 2.45) is 0 Å². The predicted molar refractivity (Wildman–Crippen MR) is 112 cm³/mol. The summed E-state index contributed by atoms with van der Waals surface area (Å²) < 4.78 is 2.76. The first-order chi connectivity index (χ1) is 12.0. The number of aromatic nitrogens is 2. The fraction of sp³-hybridized carbons (Fsp3) is 0.0588. The minimum absolute atomic E-state index is 0.479. The number of thiocarbonyl (C=S) groups is 1. The molecule has 2 aromatic carbocycles. The minimum Gasteiger partial charge on any atom is -0.332 e. The van der Waals surface area contributed by atoms with E-state index in [2.05, 4.69) is 31.7 Å². The van der Waals surface area contributed by atoms with E-state index in [0.29, 0.717) is 21.7 Å². The minimum atomic E-state index is 0.479. The second-order valence-electron chi connectivity index (χ2n) is 5.21. The Hall–Kier alpha value is -1.60. The summed E-state index contributed by atoms with van der Waals surface area (Å²) in [5, 5.41) is 12.2. The number of benzene rings is 2. The summed E-state index contributed by atoms with van der Waals surface area (Å²) in [5.41, 5.74) is 2.50. The first kappa shape index (κ1) is 18.2. The lowest BCUT2D eigenvalue weighted by Crippen LogP contribution is -2.18. The van der Waals surface area contributed by atoms with Crippen LogP contribution in [0.25, 0.3) is 0 Å². The second kappa shape index (κ2) is 8.19. The number of rotatable bonds is 4. The van der Waals surface area contributed by atoms with Crippen molar-refractivity contribution in [3.63, 3.8) is 0 Å². The molecule has 3 rings (SSSR count). The Labute approximate surface area is 169 Å². The van der Waals surface area contributed by atoms with E-state index in [1.807, 2.05) is 48.7 Å². The van der Waals surface area contributed by atoms with E-state index in [1.165, 1.54) is 0 Å². The molecule has 0 aliphatic carbocycles. The molecule has 0 atom stereocenters. The molecule has 0 aliphatic heterocycles. The molecular formula is C17H13BrCl2N4S. The van der Waals surface area contributed by atoms with Crippen LogP contribution in [0.4, 0.5) is 11.4 Å². The summed E-state index contributed by atoms with van der Waals surface area (Å²) >= 11 is 21.1. The van der Waals surface area contributed by atoms with E-state index in [0.717, 1.165) is 21.4 Å². The van der Waals surface area contributed by atoms with Gasteiger partial charge in [0, 0.05) is 32.0 Å². The summed E-state index contributed by atoms with van der Waals surface area (Å²) in [6, 6.07) is 13.2. The zero-order chi connectivity index (χ0) is 17.8. The lowest BCUT2D eigenvalue weighted by Gasteiger charge is -2.09. The highest BCUT2D eigenvalue weighted by Crippen LogP contribution is 2.25. The van der Waals surface area contributed by atoms with Crippen molar-refractivity contribution in [1.29, 1.82) is 0 Å². The van der Waals surface area contributed by atoms with Gasteiger partial charge in [0.2, 0.25) is 0 Å². The molecule has 0 bridgehead atoms. The number of halogens is 3. The maximum Gasteiger partial charge on any atom is 0.175 e. The van der Waals surface area contributed by atoms with Crippen LogP contribution in [0.15, 0.2) is 59.3 Å². The highest BCUT2D eigenvalue weighted by atomic mass is 79.9. The molecular weight excluding hydrogens is 443 g/mol. The Morgan fingerprint density at radius 2 is 1.68 bits per heavy atom. The maximum atomic E-state index is 6.20. The van der Waals surface area contributed by atoms with E-state index in [4.69, 9.17) is 35.4 Å². The second-order valence-corrected chi connectivity index (χ2v) is 7.35. The van der Waals surface area contributed by atoms with Gasteiger partial charge in [-0.1, -0.05) is 45.2 Å². The van der Waals surface area contributed by atoms with Crippen LogP contribution in [0.1, 0.15) is 5.56 Å². The molecule has 0 radical (unpaired) electrons. The van der Waals surface area contributed by atoms with Crippen LogP contribution in [-0.2, 0) is 6.54 Å². The summed E-state index contributed by atoms with van der Waals surface area (Å²) in [4.78, 5) is 0. The highest BCUT2D eigenvalue weighted by Gasteiger charge is 2.08. The Kier molecular flexibility index (Phi) is 5.96. The first-order valence-corrected chi connectivity index (χ1v) is 9.26. The van der Waals surface area contributed by atoms with Crippen molar-refractivity contribution >= 4 is 67.8 Å². The molecule has 2 N–H and O–H groups in total. The lowest BCUT2D eigenvalue weighted by molar-refractivity contribution is 0.687. The van der Waals surface area contributed by atoms with Crippen LogP contribution in [0.5, 0.6) is 0 Å². The molecule has 0 spiro atoms. The van der Waals surface area contributed by atoms with E-state index >= 15 is 0 Å². The van der Waals surface area contributed by atoms with Crippen LogP contribution in [0.3, 0.4) is 0 Å². The van der Waals surface area contributed by atoms with Gasteiger partial charge < -0.3 is 10.6 Å². The number of anilines is 2. The number of nitrogens with zero attached hydrogens (tertiary/aromatic N) is 2. The van der Waals surface area contributed by atoms with Crippen molar-refractivity contribution < 1.29 is 0 Å². The zero-order valence-corrected chi connectivity index (χ0v) is 16.8. The van der Waals surface area contributed by atoms with Gasteiger partial charge in [-0.15, -0.1) is 0 Å². The summed E-state index contributed by atoms with van der Waals surface area (Å²) in [5.74, 6) is 0. The third-order valence-electron chi connectivity index (χ3n) is 3.38. The molecule has 3 aromatic rings. The Morgan fingerprint density at radius 1 is 1.04 bits per heavy atom. The quantitative estimate of drug-likeness (QED) is 0.487. The average molecular weight is 456 g/mol. The molecule has 1 aromatic heterocycles. The smallest absolute Gasteiger partial charge is 0.175 e. The van der Waals surface area contributed by atoms with Gasteiger partial charge in [0.15, 0.2) is 5.11 Å². The van der Waals surface area contributed by atoms with E-state index < -0.39 is 0 Å². The maximum absolute atomic E-state index is 6.20. The molecule has 0 fully saturated rings. The summed E-state index contributed by atoms with van der Waals surface area (Å²) in [6.07, 6.45) is 3.54. The largest absolute Gasteiger partial charge is 0.332 e. The normalized spacial score (nSPS) is 10.5. The van der Waals surface area contributed by atoms with E-state index in [9.17, 15) is 0 Å². The van der Waals surface area contributed by atoms with Crippen LogP contribution >= 0.6 is 51.3 Å². The standard InChI is InChI=1S/C17H13BrCl2N4S/c18-11-4-6-12(7-5-11)22-17(25)23-13-8-21-24(9-13)10-14-15(19)2-1-3-16(14)20/h1-9H,10H2,(H2,22,23,25). The van der Waals surface area contributed by atoms with Gasteiger partial charge in [-0.3, -0.25) is 4.68 Å². The molecule has 1 heterocycles. The molecule has 0 unspecified atom stereocenters. The summed E-state index contributed by atoms with van der Waals surface area (Å²) in [7, 11) is 0. The van der Waals surface area contributed by atoms with Gasteiger partial charge in [0.25, 0.3) is 0 Å². The van der Waals surface area contributed by atoms with Crippen LogP contribution < -0.4 is 10.6 Å². The van der Waals surface area contributed by atoms with E-state index in [1.54, 1.807) is 10.9 Å². The number of nitrogens with one attached hydrogen (secondary N) is 2.